The average molecular weight is 614 g/mol. The number of carbonyl (C=O) groups excluding carboxylic acids is 5. The standard InChI is InChI=1S/C32H39NO11/c1-16(2)26(39-18(4)34)27-28(40-19(5)35)29(41-20(6)36)30(42-21(7)37)32(44-27)43-25-13-12-23(14-17(25)3)22-10-9-11-24(15-22)31(38)33-8/h9-16,26-30,32H,1-8H3,(H,33,38)/t26?,27-,28-,29+,30+,32+/m1/s1. The Morgan fingerprint density at radius 3 is 1.91 bits per heavy atom. The second-order valence-corrected chi connectivity index (χ2v) is 10.8. The van der Waals surface area contributed by atoms with Crippen molar-refractivity contribution in [2.75, 3.05) is 7.05 Å². The van der Waals surface area contributed by atoms with Gasteiger partial charge in [0.15, 0.2) is 12.2 Å². The van der Waals surface area contributed by atoms with E-state index in [1.54, 1.807) is 58.2 Å². The molecule has 238 valence electrons. The number of carbonyl (C=O) groups is 5. The number of rotatable bonds is 10. The number of amides is 1. The van der Waals surface area contributed by atoms with E-state index in [2.05, 4.69) is 5.32 Å². The van der Waals surface area contributed by atoms with Crippen LogP contribution in [-0.4, -0.2) is 73.6 Å². The predicted octanol–water partition coefficient (Wildman–Crippen LogP) is 3.51. The van der Waals surface area contributed by atoms with Crippen LogP contribution in [0.4, 0.5) is 0 Å². The molecule has 1 fully saturated rings. The largest absolute Gasteiger partial charge is 0.460 e. The van der Waals surface area contributed by atoms with Gasteiger partial charge < -0.3 is 33.7 Å². The molecule has 1 aliphatic rings. The summed E-state index contributed by atoms with van der Waals surface area (Å²) in [5, 5.41) is 2.61. The molecule has 44 heavy (non-hydrogen) atoms. The first-order valence-electron chi connectivity index (χ1n) is 14.2. The Morgan fingerprint density at radius 2 is 1.36 bits per heavy atom. The van der Waals surface area contributed by atoms with Gasteiger partial charge in [0.25, 0.3) is 5.91 Å². The Kier molecular flexibility index (Phi) is 11.5. The van der Waals surface area contributed by atoms with Crippen LogP contribution in [0.5, 0.6) is 5.75 Å². The lowest BCUT2D eigenvalue weighted by Gasteiger charge is -2.46. The highest BCUT2D eigenvalue weighted by molar-refractivity contribution is 5.95. The lowest BCUT2D eigenvalue weighted by molar-refractivity contribution is -0.300. The van der Waals surface area contributed by atoms with E-state index in [4.69, 9.17) is 28.4 Å². The van der Waals surface area contributed by atoms with Gasteiger partial charge in [-0.3, -0.25) is 24.0 Å². The van der Waals surface area contributed by atoms with E-state index in [9.17, 15) is 24.0 Å². The van der Waals surface area contributed by atoms with Crippen LogP contribution in [0.1, 0.15) is 57.5 Å². The van der Waals surface area contributed by atoms with Gasteiger partial charge in [-0.05, 0) is 53.8 Å². The third-order valence-electron chi connectivity index (χ3n) is 6.82. The monoisotopic (exact) mass is 613 g/mol. The van der Waals surface area contributed by atoms with Crippen molar-refractivity contribution >= 4 is 29.8 Å². The molecule has 1 saturated heterocycles. The zero-order valence-electron chi connectivity index (χ0n) is 26.1. The maximum Gasteiger partial charge on any atom is 0.303 e. The molecular weight excluding hydrogens is 574 g/mol. The fourth-order valence-corrected chi connectivity index (χ4v) is 5.01. The average Bonchev–Trinajstić information content (AvgIpc) is 2.94. The maximum atomic E-state index is 12.2. The molecule has 2 aromatic rings. The van der Waals surface area contributed by atoms with Crippen LogP contribution in [0.15, 0.2) is 42.5 Å². The quantitative estimate of drug-likeness (QED) is 0.309. The number of aryl methyl sites for hydroxylation is 1. The number of hydrogen-bond acceptors (Lipinski definition) is 11. The van der Waals surface area contributed by atoms with Crippen molar-refractivity contribution in [2.24, 2.45) is 5.92 Å². The Morgan fingerprint density at radius 1 is 0.773 bits per heavy atom. The first kappa shape index (κ1) is 34.0. The van der Waals surface area contributed by atoms with Gasteiger partial charge in [0, 0.05) is 40.3 Å². The molecule has 1 aliphatic heterocycles. The van der Waals surface area contributed by atoms with Crippen molar-refractivity contribution < 1.29 is 52.4 Å². The van der Waals surface area contributed by atoms with Gasteiger partial charge in [-0.15, -0.1) is 0 Å². The Labute approximate surface area is 256 Å². The fourth-order valence-electron chi connectivity index (χ4n) is 5.01. The van der Waals surface area contributed by atoms with E-state index in [1.165, 1.54) is 6.92 Å². The smallest absolute Gasteiger partial charge is 0.303 e. The van der Waals surface area contributed by atoms with Crippen molar-refractivity contribution in [3.8, 4) is 16.9 Å². The molecule has 0 radical (unpaired) electrons. The molecule has 3 rings (SSSR count). The number of nitrogens with one attached hydrogen (secondary N) is 1. The minimum Gasteiger partial charge on any atom is -0.460 e. The van der Waals surface area contributed by atoms with Crippen molar-refractivity contribution in [1.29, 1.82) is 0 Å². The molecule has 1 unspecified atom stereocenters. The van der Waals surface area contributed by atoms with Gasteiger partial charge in [0.1, 0.15) is 18.0 Å². The fraction of sp³-hybridized carbons (Fsp3) is 0.469. The molecule has 1 heterocycles. The summed E-state index contributed by atoms with van der Waals surface area (Å²) in [6.45, 7) is 10.1. The molecule has 12 nitrogen and oxygen atoms in total. The number of esters is 4. The molecule has 0 aromatic heterocycles. The zero-order valence-corrected chi connectivity index (χ0v) is 26.1. The van der Waals surface area contributed by atoms with Crippen LogP contribution in [0.3, 0.4) is 0 Å². The zero-order chi connectivity index (χ0) is 32.7. The van der Waals surface area contributed by atoms with Gasteiger partial charge in [-0.2, -0.15) is 0 Å². The third kappa shape index (κ3) is 8.56. The first-order chi connectivity index (χ1) is 20.7. The number of benzene rings is 2. The topological polar surface area (TPSA) is 153 Å². The Hall–Kier alpha value is -4.45. The van der Waals surface area contributed by atoms with Crippen LogP contribution in [0.25, 0.3) is 11.1 Å². The number of hydrogen-bond donors (Lipinski definition) is 1. The van der Waals surface area contributed by atoms with E-state index in [0.29, 0.717) is 16.9 Å². The lowest BCUT2D eigenvalue weighted by Crippen LogP contribution is -2.66. The highest BCUT2D eigenvalue weighted by Gasteiger charge is 2.56. The van der Waals surface area contributed by atoms with Crippen LogP contribution in [0, 0.1) is 12.8 Å². The highest BCUT2D eigenvalue weighted by Crippen LogP contribution is 2.36. The summed E-state index contributed by atoms with van der Waals surface area (Å²) < 4.78 is 34.8. The normalized spacial score (nSPS) is 21.9. The van der Waals surface area contributed by atoms with Crippen molar-refractivity contribution in [2.45, 2.75) is 85.3 Å². The predicted molar refractivity (Wildman–Crippen MR) is 156 cm³/mol. The van der Waals surface area contributed by atoms with Crippen LogP contribution < -0.4 is 10.1 Å². The molecule has 1 N–H and O–H groups in total. The van der Waals surface area contributed by atoms with E-state index in [0.717, 1.165) is 31.9 Å². The van der Waals surface area contributed by atoms with Gasteiger partial charge >= 0.3 is 23.9 Å². The molecular formula is C32H39NO11. The van der Waals surface area contributed by atoms with E-state index >= 15 is 0 Å². The molecule has 0 saturated carbocycles. The summed E-state index contributed by atoms with van der Waals surface area (Å²) >= 11 is 0. The molecule has 0 bridgehead atoms. The molecule has 2 aromatic carbocycles. The second-order valence-electron chi connectivity index (χ2n) is 10.8. The lowest BCUT2D eigenvalue weighted by atomic mass is 9.89. The van der Waals surface area contributed by atoms with E-state index in [-0.39, 0.29) is 11.8 Å². The van der Waals surface area contributed by atoms with Gasteiger partial charge in [0.05, 0.1) is 0 Å². The summed E-state index contributed by atoms with van der Waals surface area (Å²) in [6, 6.07) is 12.4. The second kappa shape index (κ2) is 14.8. The maximum absolute atomic E-state index is 12.2. The van der Waals surface area contributed by atoms with Crippen LogP contribution >= 0.6 is 0 Å². The Balaban J connectivity index is 2.07. The summed E-state index contributed by atoms with van der Waals surface area (Å²) in [4.78, 5) is 60.8. The van der Waals surface area contributed by atoms with E-state index in [1.807, 2.05) is 12.1 Å². The van der Waals surface area contributed by atoms with Gasteiger partial charge in [0.2, 0.25) is 12.4 Å². The summed E-state index contributed by atoms with van der Waals surface area (Å²) in [7, 11) is 1.56. The first-order valence-corrected chi connectivity index (χ1v) is 14.2. The van der Waals surface area contributed by atoms with Crippen molar-refractivity contribution in [1.82, 2.24) is 5.32 Å². The van der Waals surface area contributed by atoms with Crippen molar-refractivity contribution in [3.05, 3.63) is 53.6 Å². The molecule has 0 spiro atoms. The molecule has 12 heteroatoms. The molecule has 6 atom stereocenters. The Bertz CT molecular complexity index is 1390. The summed E-state index contributed by atoms with van der Waals surface area (Å²) in [6.07, 6.45) is -7.56. The molecule has 1 amide bonds. The van der Waals surface area contributed by atoms with Gasteiger partial charge in [-0.1, -0.05) is 32.0 Å². The SMILES string of the molecule is CNC(=O)c1cccc(-c2ccc(O[C@H]3O[C@H](C(OC(C)=O)C(C)C)[C@@H](OC(C)=O)[C@H](OC(C)=O)[C@@H]3OC(C)=O)c(C)c2)c1. The van der Waals surface area contributed by atoms with E-state index < -0.39 is 60.7 Å². The van der Waals surface area contributed by atoms with Crippen LogP contribution in [-0.2, 0) is 42.9 Å². The van der Waals surface area contributed by atoms with Crippen molar-refractivity contribution in [3.63, 3.8) is 0 Å². The van der Waals surface area contributed by atoms with Crippen LogP contribution in [0.2, 0.25) is 0 Å². The minimum absolute atomic E-state index is 0.216. The third-order valence-corrected chi connectivity index (χ3v) is 6.82. The summed E-state index contributed by atoms with van der Waals surface area (Å²) in [5.74, 6) is -3.00. The number of ether oxygens (including phenoxy) is 6. The highest BCUT2D eigenvalue weighted by atomic mass is 16.7. The molecule has 0 aliphatic carbocycles. The summed E-state index contributed by atoms with van der Waals surface area (Å²) in [5.41, 5.74) is 2.77. The van der Waals surface area contributed by atoms with Gasteiger partial charge in [-0.25, -0.2) is 0 Å². The minimum atomic E-state index is -1.38.